The van der Waals surface area contributed by atoms with Gasteiger partial charge in [-0.05, 0) is 86.1 Å². The lowest BCUT2D eigenvalue weighted by molar-refractivity contribution is -0.274. The molecule has 3 aromatic rings. The predicted molar refractivity (Wildman–Crippen MR) is 139 cm³/mol. The number of carboxylic acid groups (broad SMARTS) is 1. The normalized spacial score (nSPS) is 26.4. The Morgan fingerprint density at radius 2 is 1.62 bits per heavy atom. The smallest absolute Gasteiger partial charge is 0.487 e. The van der Waals surface area contributed by atoms with E-state index in [1.165, 1.54) is 35.6 Å². The van der Waals surface area contributed by atoms with Crippen molar-refractivity contribution in [3.63, 3.8) is 0 Å². The maximum Gasteiger partial charge on any atom is 0.573 e. The third kappa shape index (κ3) is 5.18. The molecular weight excluding hydrogens is 531 g/mol. The van der Waals surface area contributed by atoms with Crippen LogP contribution in [-0.4, -0.2) is 29.4 Å². The number of amides is 1. The molecule has 0 radical (unpaired) electrons. The Morgan fingerprint density at radius 3 is 2.21 bits per heavy atom. The summed E-state index contributed by atoms with van der Waals surface area (Å²) in [7, 11) is 0. The van der Waals surface area contributed by atoms with Gasteiger partial charge < -0.3 is 19.9 Å². The third-order valence-corrected chi connectivity index (χ3v) is 9.67. The van der Waals surface area contributed by atoms with Crippen LogP contribution in [0, 0.1) is 23.2 Å². The van der Waals surface area contributed by atoms with Crippen LogP contribution in [-0.2, 0) is 11.4 Å². The van der Waals surface area contributed by atoms with Crippen molar-refractivity contribution in [1.82, 2.24) is 5.32 Å². The summed E-state index contributed by atoms with van der Waals surface area (Å²) in [4.78, 5) is 26.5. The summed E-state index contributed by atoms with van der Waals surface area (Å²) >= 11 is 1.23. The Balaban J connectivity index is 1.24. The fraction of sp³-hybridized carbons (Fsp3) is 0.448. The average Bonchev–Trinajstić information content (AvgIpc) is 3.23. The molecule has 2 N–H and O–H groups in total. The van der Waals surface area contributed by atoms with Gasteiger partial charge in [0, 0.05) is 15.5 Å². The molecule has 0 saturated heterocycles. The fourth-order valence-corrected chi connectivity index (χ4v) is 8.51. The number of thiophene rings is 1. The van der Waals surface area contributed by atoms with E-state index in [-0.39, 0.29) is 17.2 Å². The van der Waals surface area contributed by atoms with Crippen LogP contribution in [0.4, 0.5) is 13.2 Å². The molecule has 1 heterocycles. The highest BCUT2D eigenvalue weighted by Gasteiger charge is 2.56. The van der Waals surface area contributed by atoms with Crippen LogP contribution in [0.1, 0.15) is 53.8 Å². The second-order valence-corrected chi connectivity index (χ2v) is 12.3. The van der Waals surface area contributed by atoms with Crippen LogP contribution in [0.2, 0.25) is 0 Å². The standard InChI is InChI=1S/C29H28F3NO5S/c30-29(31,32)38-20-7-5-16(6-8-20)15-37-23-21-3-1-2-4-22(21)39-24(23)26(34)33-25(27(35)36)28-12-17-9-18(13-28)11-19(10-17)14-28/h1-8,17-19,25H,9-15H2,(H,33,34)(H,35,36)/t17?,18?,19?,25-,28?/m1/s1. The monoisotopic (exact) mass is 559 g/mol. The van der Waals surface area contributed by atoms with Crippen molar-refractivity contribution in [2.75, 3.05) is 0 Å². The first kappa shape index (κ1) is 26.0. The van der Waals surface area contributed by atoms with Gasteiger partial charge in [0.25, 0.3) is 5.91 Å². The summed E-state index contributed by atoms with van der Waals surface area (Å²) in [5.41, 5.74) is 0.164. The van der Waals surface area contributed by atoms with Crippen LogP contribution in [0.3, 0.4) is 0 Å². The molecule has 1 atom stereocenters. The number of alkyl halides is 3. The van der Waals surface area contributed by atoms with Gasteiger partial charge in [-0.3, -0.25) is 4.79 Å². The zero-order valence-electron chi connectivity index (χ0n) is 21.0. The SMILES string of the molecule is O=C(N[C@H](C(=O)O)C12CC3CC(CC(C3)C1)C2)c1sc2ccccc2c1OCc1ccc(OC(F)(F)F)cc1. The number of halogens is 3. The van der Waals surface area contributed by atoms with Crippen LogP contribution in [0.25, 0.3) is 10.1 Å². The number of aliphatic carboxylic acids is 1. The second-order valence-electron chi connectivity index (χ2n) is 11.3. The van der Waals surface area contributed by atoms with Crippen molar-refractivity contribution in [2.45, 2.75) is 57.5 Å². The molecule has 4 aliphatic rings. The lowest BCUT2D eigenvalue weighted by Crippen LogP contribution is -2.59. The Labute approximate surface area is 227 Å². The number of ether oxygens (including phenoxy) is 2. The van der Waals surface area contributed by atoms with Crippen molar-refractivity contribution in [2.24, 2.45) is 23.2 Å². The number of hydrogen-bond donors (Lipinski definition) is 2. The first-order valence-electron chi connectivity index (χ1n) is 13.1. The van der Waals surface area contributed by atoms with Gasteiger partial charge in [-0.25, -0.2) is 4.79 Å². The van der Waals surface area contributed by atoms with Crippen molar-refractivity contribution in [3.8, 4) is 11.5 Å². The predicted octanol–water partition coefficient (Wildman–Crippen LogP) is 6.78. The summed E-state index contributed by atoms with van der Waals surface area (Å²) in [6.07, 6.45) is 1.21. The zero-order valence-corrected chi connectivity index (χ0v) is 21.8. The minimum Gasteiger partial charge on any atom is -0.487 e. The van der Waals surface area contributed by atoms with Crippen LogP contribution in [0.15, 0.2) is 48.5 Å². The number of carbonyl (C=O) groups is 2. The number of hydrogen-bond acceptors (Lipinski definition) is 5. The van der Waals surface area contributed by atoms with Gasteiger partial charge in [0.15, 0.2) is 5.75 Å². The van der Waals surface area contributed by atoms with Crippen LogP contribution >= 0.6 is 11.3 Å². The van der Waals surface area contributed by atoms with Gasteiger partial charge in [0.2, 0.25) is 0 Å². The first-order chi connectivity index (χ1) is 18.6. The quantitative estimate of drug-likeness (QED) is 0.318. The molecule has 4 aliphatic carbocycles. The highest BCUT2D eigenvalue weighted by Crippen LogP contribution is 2.61. The van der Waals surface area contributed by atoms with E-state index in [1.54, 1.807) is 0 Å². The van der Waals surface area contributed by atoms with Gasteiger partial charge >= 0.3 is 12.3 Å². The summed E-state index contributed by atoms with van der Waals surface area (Å²) in [6, 6.07) is 11.7. The molecule has 0 aliphatic heterocycles. The largest absolute Gasteiger partial charge is 0.573 e. The first-order valence-corrected chi connectivity index (χ1v) is 13.9. The number of benzene rings is 2. The van der Waals surface area contributed by atoms with E-state index in [0.29, 0.717) is 34.5 Å². The lowest BCUT2D eigenvalue weighted by atomic mass is 9.47. The van der Waals surface area contributed by atoms with Gasteiger partial charge in [-0.2, -0.15) is 0 Å². The van der Waals surface area contributed by atoms with E-state index < -0.39 is 29.7 Å². The van der Waals surface area contributed by atoms with E-state index in [1.807, 2.05) is 24.3 Å². The molecule has 4 fully saturated rings. The summed E-state index contributed by atoms with van der Waals surface area (Å²) < 4.78 is 48.2. The summed E-state index contributed by atoms with van der Waals surface area (Å²) in [5, 5.41) is 13.9. The molecule has 0 unspecified atom stereocenters. The second kappa shape index (κ2) is 9.73. The Kier molecular flexibility index (Phi) is 6.48. The van der Waals surface area contributed by atoms with Gasteiger partial charge in [0.1, 0.15) is 23.3 Å². The molecular formula is C29H28F3NO5S. The Morgan fingerprint density at radius 1 is 1.00 bits per heavy atom. The fourth-order valence-electron chi connectivity index (χ4n) is 7.46. The van der Waals surface area contributed by atoms with E-state index >= 15 is 0 Å². The van der Waals surface area contributed by atoms with Gasteiger partial charge in [-0.15, -0.1) is 24.5 Å². The van der Waals surface area contributed by atoms with E-state index in [4.69, 9.17) is 4.74 Å². The van der Waals surface area contributed by atoms with Gasteiger partial charge in [-0.1, -0.05) is 24.3 Å². The summed E-state index contributed by atoms with van der Waals surface area (Å²) in [6.45, 7) is 0.00461. The average molecular weight is 560 g/mol. The topological polar surface area (TPSA) is 84.9 Å². The number of nitrogens with one attached hydrogen (secondary N) is 1. The molecule has 0 spiro atoms. The minimum absolute atomic E-state index is 0.00461. The lowest BCUT2D eigenvalue weighted by Gasteiger charge is -2.58. The van der Waals surface area contributed by atoms with Crippen molar-refractivity contribution >= 4 is 33.3 Å². The van der Waals surface area contributed by atoms with Crippen molar-refractivity contribution < 1.29 is 37.3 Å². The molecule has 1 aromatic heterocycles. The highest BCUT2D eigenvalue weighted by molar-refractivity contribution is 7.21. The molecule has 4 saturated carbocycles. The van der Waals surface area contributed by atoms with Crippen LogP contribution < -0.4 is 14.8 Å². The molecule has 39 heavy (non-hydrogen) atoms. The van der Waals surface area contributed by atoms with Crippen molar-refractivity contribution in [1.29, 1.82) is 0 Å². The Bertz CT molecular complexity index is 1360. The molecule has 7 rings (SSSR count). The number of fused-ring (bicyclic) bond motifs is 1. The highest BCUT2D eigenvalue weighted by atomic mass is 32.1. The minimum atomic E-state index is -4.78. The number of carbonyl (C=O) groups excluding carboxylic acids is 1. The van der Waals surface area contributed by atoms with E-state index in [9.17, 15) is 27.9 Å². The summed E-state index contributed by atoms with van der Waals surface area (Å²) in [5.74, 6) is 0.108. The maximum atomic E-state index is 13.7. The van der Waals surface area contributed by atoms with E-state index in [0.717, 1.165) is 43.2 Å². The Hall–Kier alpha value is -3.27. The van der Waals surface area contributed by atoms with E-state index in [2.05, 4.69) is 10.1 Å². The zero-order chi connectivity index (χ0) is 27.4. The maximum absolute atomic E-state index is 13.7. The van der Waals surface area contributed by atoms with Crippen LogP contribution in [0.5, 0.6) is 11.5 Å². The van der Waals surface area contributed by atoms with Crippen molar-refractivity contribution in [3.05, 3.63) is 59.0 Å². The number of carboxylic acids is 1. The van der Waals surface area contributed by atoms with Gasteiger partial charge in [0.05, 0.1) is 0 Å². The molecule has 4 bridgehead atoms. The molecule has 1 amide bonds. The molecule has 6 nitrogen and oxygen atoms in total. The molecule has 206 valence electrons. The third-order valence-electron chi connectivity index (χ3n) is 8.52. The molecule has 2 aromatic carbocycles. The molecule has 10 heteroatoms. The number of rotatable bonds is 8.